The number of ether oxygens (including phenoxy) is 1. The van der Waals surface area contributed by atoms with Gasteiger partial charge in [0.25, 0.3) is 0 Å². The van der Waals surface area contributed by atoms with Gasteiger partial charge in [0.2, 0.25) is 0 Å². The Labute approximate surface area is 125 Å². The molecular weight excluding hydrogens is 356 g/mol. The normalized spacial score (nSPS) is 12.7. The number of hydrogen-bond donors (Lipinski definition) is 0. The van der Waals surface area contributed by atoms with E-state index in [1.807, 2.05) is 12.1 Å². The van der Waals surface area contributed by atoms with Crippen molar-refractivity contribution in [2.75, 3.05) is 6.61 Å². The minimum atomic E-state index is 0.581. The molecule has 0 spiro atoms. The highest BCUT2D eigenvalue weighted by molar-refractivity contribution is 9.11. The first-order valence-electron chi connectivity index (χ1n) is 6.12. The number of hydrogen-bond acceptors (Lipinski definition) is 1. The van der Waals surface area contributed by atoms with Gasteiger partial charge in [-0.3, -0.25) is 0 Å². The van der Waals surface area contributed by atoms with E-state index in [-0.39, 0.29) is 0 Å². The van der Waals surface area contributed by atoms with E-state index < -0.39 is 0 Å². The Morgan fingerprint density at radius 1 is 1.17 bits per heavy atom. The highest BCUT2D eigenvalue weighted by atomic mass is 79.9. The predicted octanol–water partition coefficient (Wildman–Crippen LogP) is 5.79. The molecule has 18 heavy (non-hydrogen) atoms. The van der Waals surface area contributed by atoms with Gasteiger partial charge in [-0.25, -0.2) is 0 Å². The molecule has 1 nitrogen and oxygen atoms in total. The molecule has 0 radical (unpaired) electrons. The zero-order chi connectivity index (χ0) is 13.1. The molecule has 3 heteroatoms. The molecule has 1 atom stereocenters. The summed E-state index contributed by atoms with van der Waals surface area (Å²) < 4.78 is 8.00. The lowest BCUT2D eigenvalue weighted by Crippen LogP contribution is -2.07. The second-order valence-electron chi connectivity index (χ2n) is 4.57. The van der Waals surface area contributed by atoms with Crippen LogP contribution < -0.4 is 4.74 Å². The van der Waals surface area contributed by atoms with Crippen molar-refractivity contribution in [3.05, 3.63) is 39.3 Å². The van der Waals surface area contributed by atoms with Gasteiger partial charge in [0, 0.05) is 4.47 Å². The van der Waals surface area contributed by atoms with Crippen LogP contribution in [0.25, 0.3) is 10.8 Å². The summed E-state index contributed by atoms with van der Waals surface area (Å²) in [6, 6.07) is 10.4. The monoisotopic (exact) mass is 370 g/mol. The summed E-state index contributed by atoms with van der Waals surface area (Å²) in [5, 5.41) is 2.38. The molecular formula is C15H16Br2O. The molecule has 0 saturated heterocycles. The average Bonchev–Trinajstić information content (AvgIpc) is 2.37. The molecule has 0 aliphatic carbocycles. The van der Waals surface area contributed by atoms with Crippen molar-refractivity contribution in [1.82, 2.24) is 0 Å². The van der Waals surface area contributed by atoms with Crippen LogP contribution in [0.5, 0.6) is 5.75 Å². The second kappa shape index (κ2) is 6.07. The van der Waals surface area contributed by atoms with Crippen LogP contribution in [0.4, 0.5) is 0 Å². The summed E-state index contributed by atoms with van der Waals surface area (Å²) in [5.41, 5.74) is 0. The Morgan fingerprint density at radius 3 is 2.67 bits per heavy atom. The lowest BCUT2D eigenvalue weighted by Gasteiger charge is -2.13. The SMILES string of the molecule is CC[C@H](C)COc1ccc2cc(Br)ccc2c1Br. The van der Waals surface area contributed by atoms with Crippen molar-refractivity contribution in [1.29, 1.82) is 0 Å². The van der Waals surface area contributed by atoms with Gasteiger partial charge in [0.15, 0.2) is 0 Å². The Balaban J connectivity index is 2.30. The molecule has 0 aromatic heterocycles. The molecule has 0 amide bonds. The van der Waals surface area contributed by atoms with Crippen LogP contribution in [0, 0.1) is 5.92 Å². The fourth-order valence-corrected chi connectivity index (χ4v) is 2.69. The quantitative estimate of drug-likeness (QED) is 0.660. The van der Waals surface area contributed by atoms with Gasteiger partial charge in [-0.15, -0.1) is 0 Å². The van der Waals surface area contributed by atoms with Crippen LogP contribution in [-0.4, -0.2) is 6.61 Å². The first-order valence-corrected chi connectivity index (χ1v) is 7.71. The minimum absolute atomic E-state index is 0.581. The molecule has 2 rings (SSSR count). The molecule has 2 aromatic carbocycles. The van der Waals surface area contributed by atoms with E-state index in [2.05, 4.69) is 63.9 Å². The Kier molecular flexibility index (Phi) is 4.68. The highest BCUT2D eigenvalue weighted by Crippen LogP contribution is 2.34. The van der Waals surface area contributed by atoms with Gasteiger partial charge in [0.1, 0.15) is 5.75 Å². The first-order chi connectivity index (χ1) is 8.61. The van der Waals surface area contributed by atoms with Crippen molar-refractivity contribution in [3.8, 4) is 5.75 Å². The van der Waals surface area contributed by atoms with Crippen molar-refractivity contribution >= 4 is 42.6 Å². The minimum Gasteiger partial charge on any atom is -0.492 e. The fourth-order valence-electron chi connectivity index (χ4n) is 1.70. The van der Waals surface area contributed by atoms with Crippen LogP contribution >= 0.6 is 31.9 Å². The number of benzene rings is 2. The molecule has 0 N–H and O–H groups in total. The molecule has 0 aliphatic heterocycles. The molecule has 96 valence electrons. The summed E-state index contributed by atoms with van der Waals surface area (Å²) >= 11 is 7.13. The highest BCUT2D eigenvalue weighted by Gasteiger charge is 2.08. The van der Waals surface area contributed by atoms with Gasteiger partial charge in [0.05, 0.1) is 11.1 Å². The van der Waals surface area contributed by atoms with Gasteiger partial charge in [-0.05, 0) is 50.8 Å². The summed E-state index contributed by atoms with van der Waals surface area (Å²) in [6.45, 7) is 5.14. The smallest absolute Gasteiger partial charge is 0.134 e. The van der Waals surface area contributed by atoms with Gasteiger partial charge in [-0.2, -0.15) is 0 Å². The Hall–Kier alpha value is -0.540. The third-order valence-corrected chi connectivity index (χ3v) is 4.41. The second-order valence-corrected chi connectivity index (χ2v) is 6.28. The molecule has 0 fully saturated rings. The maximum Gasteiger partial charge on any atom is 0.134 e. The largest absolute Gasteiger partial charge is 0.492 e. The summed E-state index contributed by atoms with van der Waals surface area (Å²) in [5.74, 6) is 1.50. The van der Waals surface area contributed by atoms with Crippen molar-refractivity contribution in [3.63, 3.8) is 0 Å². The van der Waals surface area contributed by atoms with Crippen LogP contribution in [0.2, 0.25) is 0 Å². The predicted molar refractivity (Wildman–Crippen MR) is 84.3 cm³/mol. The third-order valence-electron chi connectivity index (χ3n) is 3.10. The summed E-state index contributed by atoms with van der Waals surface area (Å²) in [7, 11) is 0. The lowest BCUT2D eigenvalue weighted by atomic mass is 10.1. The lowest BCUT2D eigenvalue weighted by molar-refractivity contribution is 0.255. The fraction of sp³-hybridized carbons (Fsp3) is 0.333. The van der Waals surface area contributed by atoms with Crippen LogP contribution in [0.15, 0.2) is 39.3 Å². The van der Waals surface area contributed by atoms with Gasteiger partial charge < -0.3 is 4.74 Å². The number of halogens is 2. The van der Waals surface area contributed by atoms with Crippen LogP contribution in [0.1, 0.15) is 20.3 Å². The maximum absolute atomic E-state index is 5.87. The van der Waals surface area contributed by atoms with Crippen LogP contribution in [-0.2, 0) is 0 Å². The average molecular weight is 372 g/mol. The third kappa shape index (κ3) is 3.07. The zero-order valence-electron chi connectivity index (χ0n) is 10.5. The molecule has 0 bridgehead atoms. The molecule has 2 aromatic rings. The van der Waals surface area contributed by atoms with Crippen molar-refractivity contribution < 1.29 is 4.74 Å². The van der Waals surface area contributed by atoms with Gasteiger partial charge in [-0.1, -0.05) is 48.3 Å². The van der Waals surface area contributed by atoms with E-state index in [1.54, 1.807) is 0 Å². The van der Waals surface area contributed by atoms with E-state index >= 15 is 0 Å². The molecule has 0 unspecified atom stereocenters. The van der Waals surface area contributed by atoms with Gasteiger partial charge >= 0.3 is 0 Å². The van der Waals surface area contributed by atoms with E-state index in [1.165, 1.54) is 10.8 Å². The number of rotatable bonds is 4. The Morgan fingerprint density at radius 2 is 1.94 bits per heavy atom. The zero-order valence-corrected chi connectivity index (χ0v) is 13.7. The van der Waals surface area contributed by atoms with Crippen molar-refractivity contribution in [2.45, 2.75) is 20.3 Å². The van der Waals surface area contributed by atoms with E-state index in [0.29, 0.717) is 5.92 Å². The first kappa shape index (κ1) is 13.9. The standard InChI is InChI=1S/C15H16Br2O/c1-3-10(2)9-18-14-7-4-11-8-12(16)5-6-13(11)15(14)17/h4-8,10H,3,9H2,1-2H3/t10-/m0/s1. The summed E-state index contributed by atoms with van der Waals surface area (Å²) in [6.07, 6.45) is 1.14. The molecule has 0 saturated carbocycles. The molecule has 0 aliphatic rings. The van der Waals surface area contributed by atoms with E-state index in [0.717, 1.165) is 27.7 Å². The summed E-state index contributed by atoms with van der Waals surface area (Å²) in [4.78, 5) is 0. The maximum atomic E-state index is 5.87. The topological polar surface area (TPSA) is 9.23 Å². The Bertz CT molecular complexity index is 551. The molecule has 0 heterocycles. The van der Waals surface area contributed by atoms with E-state index in [9.17, 15) is 0 Å². The van der Waals surface area contributed by atoms with Crippen molar-refractivity contribution in [2.24, 2.45) is 5.92 Å². The number of fused-ring (bicyclic) bond motifs is 1. The van der Waals surface area contributed by atoms with Crippen LogP contribution in [0.3, 0.4) is 0 Å². The van der Waals surface area contributed by atoms with E-state index in [4.69, 9.17) is 4.74 Å².